The number of hydrogen-bond acceptors (Lipinski definition) is 6. The number of cyclic esters (lactones) is 1. The Bertz CT molecular complexity index is 1030. The van der Waals surface area contributed by atoms with E-state index >= 15 is 0 Å². The molecule has 0 aliphatic carbocycles. The SMILES string of the molecule is CCOc1c(I)cc(/C=C2\N=C(c3ccc(Cl)c([N+](=O)[O-])c3)OC2=O)cc1I. The van der Waals surface area contributed by atoms with Crippen molar-refractivity contribution in [1.29, 1.82) is 0 Å². The molecule has 1 heterocycles. The maximum Gasteiger partial charge on any atom is 0.363 e. The summed E-state index contributed by atoms with van der Waals surface area (Å²) in [5.41, 5.74) is 0.870. The normalized spacial score (nSPS) is 14.8. The van der Waals surface area contributed by atoms with Crippen molar-refractivity contribution in [3.8, 4) is 5.75 Å². The number of aliphatic imine (C=N–C) groups is 1. The van der Waals surface area contributed by atoms with E-state index < -0.39 is 10.9 Å². The summed E-state index contributed by atoms with van der Waals surface area (Å²) in [5, 5.41) is 11.0. The number of nitro benzene ring substituents is 1. The first kappa shape index (κ1) is 21.0. The van der Waals surface area contributed by atoms with Crippen LogP contribution < -0.4 is 4.74 Å². The Morgan fingerprint density at radius 1 is 1.29 bits per heavy atom. The van der Waals surface area contributed by atoms with Gasteiger partial charge in [0.15, 0.2) is 5.70 Å². The van der Waals surface area contributed by atoms with E-state index in [0.717, 1.165) is 18.5 Å². The van der Waals surface area contributed by atoms with Crippen molar-refractivity contribution in [1.82, 2.24) is 0 Å². The number of benzene rings is 2. The average molecular weight is 625 g/mol. The van der Waals surface area contributed by atoms with E-state index in [1.807, 2.05) is 19.1 Å². The van der Waals surface area contributed by atoms with E-state index in [0.29, 0.717) is 12.2 Å². The summed E-state index contributed by atoms with van der Waals surface area (Å²) in [5.74, 6) is 0.148. The first-order chi connectivity index (χ1) is 13.3. The molecule has 0 saturated carbocycles. The fourth-order valence-corrected chi connectivity index (χ4v) is 4.74. The predicted octanol–water partition coefficient (Wildman–Crippen LogP) is 5.20. The molecule has 0 aromatic heterocycles. The van der Waals surface area contributed by atoms with E-state index in [1.54, 1.807) is 6.08 Å². The molecule has 10 heteroatoms. The number of nitrogens with zero attached hydrogens (tertiary/aromatic N) is 2. The lowest BCUT2D eigenvalue weighted by atomic mass is 10.2. The van der Waals surface area contributed by atoms with Gasteiger partial charge < -0.3 is 9.47 Å². The summed E-state index contributed by atoms with van der Waals surface area (Å²) in [6.45, 7) is 2.47. The van der Waals surface area contributed by atoms with E-state index in [4.69, 9.17) is 21.1 Å². The molecule has 0 atom stereocenters. The third-order valence-electron chi connectivity index (χ3n) is 3.62. The van der Waals surface area contributed by atoms with E-state index in [9.17, 15) is 14.9 Å². The summed E-state index contributed by atoms with van der Waals surface area (Å²) < 4.78 is 12.6. The predicted molar refractivity (Wildman–Crippen MR) is 122 cm³/mol. The minimum absolute atomic E-state index is 0.00650. The fraction of sp³-hybridized carbons (Fsp3) is 0.111. The molecule has 2 aromatic rings. The van der Waals surface area contributed by atoms with E-state index in [-0.39, 0.29) is 22.3 Å². The zero-order chi connectivity index (χ0) is 20.4. The molecule has 0 unspecified atom stereocenters. The number of ether oxygens (including phenoxy) is 2. The Morgan fingerprint density at radius 3 is 2.57 bits per heavy atom. The maximum atomic E-state index is 12.2. The lowest BCUT2D eigenvalue weighted by Crippen LogP contribution is -2.06. The highest BCUT2D eigenvalue weighted by Gasteiger charge is 2.26. The topological polar surface area (TPSA) is 91.0 Å². The van der Waals surface area contributed by atoms with Crippen LogP contribution in [0.2, 0.25) is 5.02 Å². The summed E-state index contributed by atoms with van der Waals surface area (Å²) in [6, 6.07) is 7.83. The van der Waals surface area contributed by atoms with Crippen molar-refractivity contribution in [3.05, 3.63) is 69.4 Å². The third-order valence-corrected chi connectivity index (χ3v) is 5.55. The molecule has 0 fully saturated rings. The van der Waals surface area contributed by atoms with Gasteiger partial charge in [0.2, 0.25) is 5.90 Å². The lowest BCUT2D eigenvalue weighted by Gasteiger charge is -2.09. The Hall–Kier alpha value is -1.73. The average Bonchev–Trinajstić information content (AvgIpc) is 2.99. The molecule has 28 heavy (non-hydrogen) atoms. The van der Waals surface area contributed by atoms with Crippen LogP contribution in [0.15, 0.2) is 41.0 Å². The smallest absolute Gasteiger partial charge is 0.363 e. The van der Waals surface area contributed by atoms with Gasteiger partial charge in [-0.3, -0.25) is 10.1 Å². The van der Waals surface area contributed by atoms with Gasteiger partial charge in [-0.1, -0.05) is 11.6 Å². The van der Waals surface area contributed by atoms with Gasteiger partial charge >= 0.3 is 5.97 Å². The standard InChI is InChI=1S/C18H11ClI2N2O5/c1-2-27-16-12(20)5-9(6-13(16)21)7-14-18(24)28-17(22-14)10-3-4-11(19)15(8-10)23(25)26/h3-8H,2H2,1H3/b14-7-. The van der Waals surface area contributed by atoms with Gasteiger partial charge in [0, 0.05) is 11.6 Å². The van der Waals surface area contributed by atoms with Gasteiger partial charge in [0.05, 0.1) is 18.7 Å². The molecule has 0 amide bonds. The van der Waals surface area contributed by atoms with Gasteiger partial charge in [-0.05, 0) is 88.0 Å². The van der Waals surface area contributed by atoms with Crippen LogP contribution >= 0.6 is 56.8 Å². The van der Waals surface area contributed by atoms with Crippen LogP contribution in [0, 0.1) is 17.3 Å². The van der Waals surface area contributed by atoms with E-state index in [1.165, 1.54) is 18.2 Å². The lowest BCUT2D eigenvalue weighted by molar-refractivity contribution is -0.384. The van der Waals surface area contributed by atoms with Gasteiger partial charge in [0.25, 0.3) is 5.69 Å². The first-order valence-electron chi connectivity index (χ1n) is 7.89. The molecule has 7 nitrogen and oxygen atoms in total. The van der Waals surface area contributed by atoms with Crippen LogP contribution in [0.4, 0.5) is 5.69 Å². The van der Waals surface area contributed by atoms with Crippen LogP contribution in [0.3, 0.4) is 0 Å². The Labute approximate surface area is 192 Å². The van der Waals surface area contributed by atoms with Crippen LogP contribution in [-0.2, 0) is 9.53 Å². The Balaban J connectivity index is 1.96. The summed E-state index contributed by atoms with van der Waals surface area (Å²) >= 11 is 10.1. The highest BCUT2D eigenvalue weighted by molar-refractivity contribution is 14.1. The molecule has 0 bridgehead atoms. The highest BCUT2D eigenvalue weighted by atomic mass is 127. The van der Waals surface area contributed by atoms with Crippen molar-refractivity contribution in [3.63, 3.8) is 0 Å². The van der Waals surface area contributed by atoms with Crippen LogP contribution in [-0.4, -0.2) is 23.4 Å². The minimum atomic E-state index is -0.633. The molecule has 2 aromatic carbocycles. The molecule has 0 saturated heterocycles. The number of rotatable bonds is 5. The molecule has 3 rings (SSSR count). The molecular formula is C18H11ClI2N2O5. The van der Waals surface area contributed by atoms with Gasteiger partial charge in [-0.2, -0.15) is 0 Å². The van der Waals surface area contributed by atoms with Gasteiger partial charge in [-0.15, -0.1) is 0 Å². The monoisotopic (exact) mass is 624 g/mol. The van der Waals surface area contributed by atoms with Crippen LogP contribution in [0.25, 0.3) is 6.08 Å². The molecule has 144 valence electrons. The van der Waals surface area contributed by atoms with Crippen LogP contribution in [0.5, 0.6) is 5.75 Å². The highest BCUT2D eigenvalue weighted by Crippen LogP contribution is 2.31. The van der Waals surface area contributed by atoms with Crippen LogP contribution in [0.1, 0.15) is 18.1 Å². The second kappa shape index (κ2) is 8.74. The molecule has 1 aliphatic rings. The second-order valence-corrected chi connectivity index (χ2v) is 8.24. The molecule has 0 spiro atoms. The first-order valence-corrected chi connectivity index (χ1v) is 10.4. The minimum Gasteiger partial charge on any atom is -0.492 e. The summed E-state index contributed by atoms with van der Waals surface area (Å²) in [6.07, 6.45) is 1.60. The summed E-state index contributed by atoms with van der Waals surface area (Å²) in [4.78, 5) is 26.8. The number of halogens is 3. The Kier molecular flexibility index (Phi) is 6.55. The number of carbonyl (C=O) groups is 1. The summed E-state index contributed by atoms with van der Waals surface area (Å²) in [7, 11) is 0. The Morgan fingerprint density at radius 2 is 1.96 bits per heavy atom. The number of nitro groups is 1. The molecule has 0 N–H and O–H groups in total. The molecule has 1 aliphatic heterocycles. The van der Waals surface area contributed by atoms with Crippen molar-refractivity contribution in [2.24, 2.45) is 4.99 Å². The number of hydrogen-bond donors (Lipinski definition) is 0. The zero-order valence-corrected chi connectivity index (χ0v) is 19.3. The second-order valence-electron chi connectivity index (χ2n) is 5.51. The maximum absolute atomic E-state index is 12.2. The van der Waals surface area contributed by atoms with Crippen molar-refractivity contribution < 1.29 is 19.2 Å². The molecular weight excluding hydrogens is 613 g/mol. The van der Waals surface area contributed by atoms with Gasteiger partial charge in [0.1, 0.15) is 10.8 Å². The van der Waals surface area contributed by atoms with E-state index in [2.05, 4.69) is 50.2 Å². The third kappa shape index (κ3) is 4.46. The molecule has 0 radical (unpaired) electrons. The quantitative estimate of drug-likeness (QED) is 0.150. The largest absolute Gasteiger partial charge is 0.492 e. The van der Waals surface area contributed by atoms with Gasteiger partial charge in [-0.25, -0.2) is 9.79 Å². The van der Waals surface area contributed by atoms with Crippen molar-refractivity contribution >= 4 is 80.4 Å². The fourth-order valence-electron chi connectivity index (χ4n) is 2.42. The van der Waals surface area contributed by atoms with Crippen molar-refractivity contribution in [2.75, 3.05) is 6.61 Å². The zero-order valence-electron chi connectivity index (χ0n) is 14.2. The number of carbonyl (C=O) groups excluding carboxylic acids is 1. The number of esters is 1. The van der Waals surface area contributed by atoms with Crippen molar-refractivity contribution in [2.45, 2.75) is 6.92 Å².